The largest absolute Gasteiger partial charge is 0.397 e. The quantitative estimate of drug-likeness (QED) is 0.787. The first-order valence-electron chi connectivity index (χ1n) is 5.39. The van der Waals surface area contributed by atoms with Gasteiger partial charge >= 0.3 is 0 Å². The zero-order chi connectivity index (χ0) is 14.9. The second-order valence-corrected chi connectivity index (χ2v) is 5.22. The molecule has 20 heavy (non-hydrogen) atoms. The summed E-state index contributed by atoms with van der Waals surface area (Å²) in [6, 6.07) is 6.09. The molecule has 0 aliphatic heterocycles. The molecule has 0 aliphatic carbocycles. The molecule has 0 bridgehead atoms. The summed E-state index contributed by atoms with van der Waals surface area (Å²) in [7, 11) is 0. The molecule has 0 aromatic heterocycles. The standard InChI is InChI=1S/C13H8BrClF2N2O/c14-9-3-6(15)1-2-8(9)13(20)19-12-10(17)4-7(16)5-11(12)18/h1-5H,18H2,(H,19,20). The highest BCUT2D eigenvalue weighted by molar-refractivity contribution is 9.10. The molecule has 3 N–H and O–H groups in total. The molecule has 104 valence electrons. The monoisotopic (exact) mass is 360 g/mol. The van der Waals surface area contributed by atoms with E-state index in [1.54, 1.807) is 0 Å². The molecule has 2 aromatic rings. The van der Waals surface area contributed by atoms with Gasteiger partial charge in [-0.3, -0.25) is 4.79 Å². The lowest BCUT2D eigenvalue weighted by molar-refractivity contribution is 0.102. The third kappa shape index (κ3) is 3.08. The Morgan fingerprint density at radius 3 is 2.55 bits per heavy atom. The molecule has 0 spiro atoms. The average Bonchev–Trinajstić information content (AvgIpc) is 2.33. The van der Waals surface area contributed by atoms with E-state index in [2.05, 4.69) is 21.2 Å². The van der Waals surface area contributed by atoms with E-state index in [0.29, 0.717) is 15.6 Å². The van der Waals surface area contributed by atoms with Crippen molar-refractivity contribution in [3.05, 3.63) is 57.0 Å². The number of rotatable bonds is 2. The molecule has 0 radical (unpaired) electrons. The molecule has 1 amide bonds. The molecule has 0 unspecified atom stereocenters. The topological polar surface area (TPSA) is 55.1 Å². The lowest BCUT2D eigenvalue weighted by Gasteiger charge is -2.10. The molecule has 2 aromatic carbocycles. The molecule has 0 heterocycles. The maximum Gasteiger partial charge on any atom is 0.256 e. The smallest absolute Gasteiger partial charge is 0.256 e. The number of nitrogens with two attached hydrogens (primary N) is 1. The Balaban J connectivity index is 2.33. The predicted octanol–water partition coefficient (Wildman–Crippen LogP) is 4.22. The third-order valence-corrected chi connectivity index (χ3v) is 3.39. The van der Waals surface area contributed by atoms with Gasteiger partial charge in [-0.2, -0.15) is 0 Å². The van der Waals surface area contributed by atoms with Gasteiger partial charge < -0.3 is 11.1 Å². The van der Waals surface area contributed by atoms with Gasteiger partial charge in [0.15, 0.2) is 5.82 Å². The van der Waals surface area contributed by atoms with Crippen LogP contribution in [0.25, 0.3) is 0 Å². The Morgan fingerprint density at radius 2 is 1.95 bits per heavy atom. The molecule has 0 aliphatic rings. The first-order chi connectivity index (χ1) is 9.38. The summed E-state index contributed by atoms with van der Waals surface area (Å²) < 4.78 is 27.0. The van der Waals surface area contributed by atoms with Crippen LogP contribution < -0.4 is 11.1 Å². The van der Waals surface area contributed by atoms with Gasteiger partial charge in [-0.05, 0) is 40.2 Å². The zero-order valence-corrected chi connectivity index (χ0v) is 12.2. The highest BCUT2D eigenvalue weighted by Crippen LogP contribution is 2.26. The van der Waals surface area contributed by atoms with Gasteiger partial charge in [-0.15, -0.1) is 0 Å². The number of anilines is 2. The fourth-order valence-electron chi connectivity index (χ4n) is 1.58. The van der Waals surface area contributed by atoms with Crippen molar-refractivity contribution in [3.8, 4) is 0 Å². The van der Waals surface area contributed by atoms with Crippen LogP contribution in [0.1, 0.15) is 10.4 Å². The van der Waals surface area contributed by atoms with Gasteiger partial charge in [0.2, 0.25) is 0 Å². The molecule has 0 saturated heterocycles. The lowest BCUT2D eigenvalue weighted by atomic mass is 10.2. The maximum absolute atomic E-state index is 13.6. The van der Waals surface area contributed by atoms with Crippen molar-refractivity contribution >= 4 is 44.8 Å². The van der Waals surface area contributed by atoms with Gasteiger partial charge in [0, 0.05) is 15.6 Å². The normalized spacial score (nSPS) is 10.4. The summed E-state index contributed by atoms with van der Waals surface area (Å²) in [4.78, 5) is 12.0. The second kappa shape index (κ2) is 5.76. The van der Waals surface area contributed by atoms with Crippen molar-refractivity contribution in [2.24, 2.45) is 0 Å². The Morgan fingerprint density at radius 1 is 1.25 bits per heavy atom. The van der Waals surface area contributed by atoms with Crippen LogP contribution in [0.4, 0.5) is 20.2 Å². The van der Waals surface area contributed by atoms with Gasteiger partial charge in [-0.25, -0.2) is 8.78 Å². The average molecular weight is 362 g/mol. The Bertz CT molecular complexity index is 671. The number of amides is 1. The van der Waals surface area contributed by atoms with E-state index in [1.807, 2.05) is 0 Å². The number of hydrogen-bond donors (Lipinski definition) is 2. The minimum absolute atomic E-state index is 0.194. The highest BCUT2D eigenvalue weighted by atomic mass is 79.9. The number of carbonyl (C=O) groups excluding carboxylic acids is 1. The number of carbonyl (C=O) groups is 1. The van der Waals surface area contributed by atoms with Gasteiger partial charge in [0.05, 0.1) is 11.3 Å². The van der Waals surface area contributed by atoms with Crippen LogP contribution in [0.5, 0.6) is 0 Å². The number of hydrogen-bond acceptors (Lipinski definition) is 2. The molecule has 0 atom stereocenters. The minimum Gasteiger partial charge on any atom is -0.397 e. The van der Waals surface area contributed by atoms with Crippen LogP contribution in [-0.2, 0) is 0 Å². The predicted molar refractivity (Wildman–Crippen MR) is 77.9 cm³/mol. The lowest BCUT2D eigenvalue weighted by Crippen LogP contribution is -2.15. The van der Waals surface area contributed by atoms with Crippen molar-refractivity contribution in [1.82, 2.24) is 0 Å². The Kier molecular flexibility index (Phi) is 4.25. The first-order valence-corrected chi connectivity index (χ1v) is 6.56. The van der Waals surface area contributed by atoms with E-state index in [0.717, 1.165) is 6.07 Å². The van der Waals surface area contributed by atoms with Crippen LogP contribution >= 0.6 is 27.5 Å². The van der Waals surface area contributed by atoms with Crippen molar-refractivity contribution in [1.29, 1.82) is 0 Å². The third-order valence-electron chi connectivity index (χ3n) is 2.50. The van der Waals surface area contributed by atoms with E-state index < -0.39 is 17.5 Å². The Labute approximate surface area is 126 Å². The van der Waals surface area contributed by atoms with Crippen LogP contribution in [0.15, 0.2) is 34.8 Å². The van der Waals surface area contributed by atoms with E-state index in [-0.39, 0.29) is 16.9 Å². The van der Waals surface area contributed by atoms with Crippen molar-refractivity contribution < 1.29 is 13.6 Å². The molecule has 0 saturated carbocycles. The summed E-state index contributed by atoms with van der Waals surface area (Å²) in [5.41, 5.74) is 5.27. The van der Waals surface area contributed by atoms with E-state index in [9.17, 15) is 13.6 Å². The van der Waals surface area contributed by atoms with E-state index >= 15 is 0 Å². The summed E-state index contributed by atoms with van der Waals surface area (Å²) in [5.74, 6) is -2.35. The number of nitrogens with one attached hydrogen (secondary N) is 1. The molecule has 7 heteroatoms. The molecule has 2 rings (SSSR count). The minimum atomic E-state index is -0.944. The van der Waals surface area contributed by atoms with Crippen LogP contribution in [0, 0.1) is 11.6 Å². The number of nitrogen functional groups attached to an aromatic ring is 1. The molecular weight excluding hydrogens is 354 g/mol. The molecular formula is C13H8BrClF2N2O. The van der Waals surface area contributed by atoms with Crippen molar-refractivity contribution in [2.45, 2.75) is 0 Å². The van der Waals surface area contributed by atoms with Crippen LogP contribution in [0.2, 0.25) is 5.02 Å². The fourth-order valence-corrected chi connectivity index (χ4v) is 2.44. The van der Waals surface area contributed by atoms with Gasteiger partial charge in [-0.1, -0.05) is 11.6 Å². The van der Waals surface area contributed by atoms with Crippen molar-refractivity contribution in [2.75, 3.05) is 11.1 Å². The second-order valence-electron chi connectivity index (χ2n) is 3.93. The van der Waals surface area contributed by atoms with E-state index in [4.69, 9.17) is 17.3 Å². The van der Waals surface area contributed by atoms with E-state index in [1.165, 1.54) is 18.2 Å². The maximum atomic E-state index is 13.6. The number of benzene rings is 2. The fraction of sp³-hybridized carbons (Fsp3) is 0. The van der Waals surface area contributed by atoms with Gasteiger partial charge in [0.1, 0.15) is 11.5 Å². The first kappa shape index (κ1) is 14.7. The number of halogens is 4. The van der Waals surface area contributed by atoms with Crippen molar-refractivity contribution in [3.63, 3.8) is 0 Å². The zero-order valence-electron chi connectivity index (χ0n) is 9.88. The summed E-state index contributed by atoms with van der Waals surface area (Å²) in [5, 5.41) is 2.75. The summed E-state index contributed by atoms with van der Waals surface area (Å²) >= 11 is 8.95. The highest BCUT2D eigenvalue weighted by Gasteiger charge is 2.15. The molecule has 3 nitrogen and oxygen atoms in total. The summed E-state index contributed by atoms with van der Waals surface area (Å²) in [6.07, 6.45) is 0. The molecule has 0 fully saturated rings. The van der Waals surface area contributed by atoms with Crippen LogP contribution in [-0.4, -0.2) is 5.91 Å². The van der Waals surface area contributed by atoms with Gasteiger partial charge in [0.25, 0.3) is 5.91 Å². The van der Waals surface area contributed by atoms with Crippen LogP contribution in [0.3, 0.4) is 0 Å². The summed E-state index contributed by atoms with van der Waals surface area (Å²) in [6.45, 7) is 0. The Hall–Kier alpha value is -1.66. The SMILES string of the molecule is Nc1cc(F)cc(F)c1NC(=O)c1ccc(Cl)cc1Br.